The molecule has 206 valence electrons. The van der Waals surface area contributed by atoms with Crippen LogP contribution in [0.25, 0.3) is 11.0 Å². The third-order valence-electron chi connectivity index (χ3n) is 7.57. The second-order valence-electron chi connectivity index (χ2n) is 12.7. The average molecular weight is 526 g/mol. The van der Waals surface area contributed by atoms with Gasteiger partial charge in [0.15, 0.2) is 5.78 Å². The molecule has 0 aliphatic heterocycles. The molecule has 0 fully saturated rings. The van der Waals surface area contributed by atoms with Gasteiger partial charge in [0.1, 0.15) is 5.75 Å². The zero-order valence-corrected chi connectivity index (χ0v) is 24.6. The third kappa shape index (κ3) is 5.88. The molecule has 4 aromatic rings. The molecule has 0 spiro atoms. The van der Waals surface area contributed by atoms with Crippen molar-refractivity contribution in [2.75, 3.05) is 0 Å². The van der Waals surface area contributed by atoms with Gasteiger partial charge in [0.25, 0.3) is 0 Å². The summed E-state index contributed by atoms with van der Waals surface area (Å²) in [5.41, 5.74) is 6.09. The van der Waals surface area contributed by atoms with E-state index in [-0.39, 0.29) is 28.9 Å². The number of phenolic OH excluding ortho intramolecular Hbond substituents is 1. The molecule has 0 aliphatic rings. The largest absolute Gasteiger partial charge is 0.507 e. The van der Waals surface area contributed by atoms with E-state index in [1.54, 1.807) is 0 Å². The van der Waals surface area contributed by atoms with Crippen LogP contribution in [0.3, 0.4) is 0 Å². The molecule has 1 heterocycles. The molecule has 0 aliphatic carbocycles. The SMILES string of the molecule is CCCCc1ccccc1Cn1c(=N)n(CC(=O)c2cc(C(C)(C)C)c(O)c(C(C)(C)C)c2)c2ccccc21. The second-order valence-corrected chi connectivity index (χ2v) is 12.7. The van der Waals surface area contributed by atoms with E-state index >= 15 is 0 Å². The number of hydrogen-bond acceptors (Lipinski definition) is 3. The lowest BCUT2D eigenvalue weighted by molar-refractivity contribution is 0.0971. The van der Waals surface area contributed by atoms with Gasteiger partial charge in [-0.2, -0.15) is 0 Å². The number of carbonyl (C=O) groups excluding carboxylic acids is 1. The van der Waals surface area contributed by atoms with Gasteiger partial charge in [-0.15, -0.1) is 0 Å². The van der Waals surface area contributed by atoms with E-state index in [0.29, 0.717) is 17.7 Å². The Kier molecular flexibility index (Phi) is 7.92. The first-order chi connectivity index (χ1) is 18.3. The number of para-hydroxylation sites is 2. The van der Waals surface area contributed by atoms with E-state index in [1.165, 1.54) is 11.1 Å². The summed E-state index contributed by atoms with van der Waals surface area (Å²) in [7, 11) is 0. The lowest BCUT2D eigenvalue weighted by Crippen LogP contribution is -2.28. The van der Waals surface area contributed by atoms with Crippen LogP contribution < -0.4 is 5.62 Å². The normalized spacial score (nSPS) is 12.3. The fourth-order valence-corrected chi connectivity index (χ4v) is 5.28. The van der Waals surface area contributed by atoms with Gasteiger partial charge < -0.3 is 14.2 Å². The molecule has 0 saturated carbocycles. The van der Waals surface area contributed by atoms with Crippen molar-refractivity contribution in [3.8, 4) is 5.75 Å². The monoisotopic (exact) mass is 525 g/mol. The van der Waals surface area contributed by atoms with Crippen molar-refractivity contribution in [1.29, 1.82) is 5.41 Å². The van der Waals surface area contributed by atoms with Crippen LogP contribution in [0.4, 0.5) is 0 Å². The number of benzene rings is 3. The van der Waals surface area contributed by atoms with Gasteiger partial charge in [0.05, 0.1) is 24.1 Å². The van der Waals surface area contributed by atoms with Gasteiger partial charge in [-0.1, -0.05) is 91.3 Å². The number of nitrogens with one attached hydrogen (secondary N) is 1. The summed E-state index contributed by atoms with van der Waals surface area (Å²) in [4.78, 5) is 13.8. The molecule has 2 N–H and O–H groups in total. The molecule has 1 aromatic heterocycles. The number of phenols is 1. The molecule has 5 nitrogen and oxygen atoms in total. The van der Waals surface area contributed by atoms with E-state index in [0.717, 1.165) is 41.4 Å². The molecule has 0 amide bonds. The van der Waals surface area contributed by atoms with Crippen LogP contribution in [0, 0.1) is 5.41 Å². The number of aromatic hydroxyl groups is 1. The first kappa shape index (κ1) is 28.4. The number of carbonyl (C=O) groups is 1. The Bertz CT molecular complexity index is 1520. The van der Waals surface area contributed by atoms with Crippen molar-refractivity contribution in [2.45, 2.75) is 91.6 Å². The molecule has 3 aromatic carbocycles. The Hall–Kier alpha value is -3.60. The van der Waals surface area contributed by atoms with Crippen molar-refractivity contribution in [3.05, 3.63) is 94.1 Å². The molecule has 0 radical (unpaired) electrons. The van der Waals surface area contributed by atoms with Gasteiger partial charge in [-0.05, 0) is 59.1 Å². The fraction of sp³-hybridized carbons (Fsp3) is 0.412. The number of nitrogens with zero attached hydrogens (tertiary/aromatic N) is 2. The third-order valence-corrected chi connectivity index (χ3v) is 7.57. The van der Waals surface area contributed by atoms with Crippen LogP contribution in [0.1, 0.15) is 93.9 Å². The molecule has 0 atom stereocenters. The molecule has 0 unspecified atom stereocenters. The van der Waals surface area contributed by atoms with Crippen molar-refractivity contribution < 1.29 is 9.90 Å². The number of ketones is 1. The molecular weight excluding hydrogens is 482 g/mol. The predicted octanol–water partition coefficient (Wildman–Crippen LogP) is 7.50. The van der Waals surface area contributed by atoms with Gasteiger partial charge in [0, 0.05) is 16.7 Å². The molecule has 0 bridgehead atoms. The van der Waals surface area contributed by atoms with Gasteiger partial charge in [-0.3, -0.25) is 10.2 Å². The summed E-state index contributed by atoms with van der Waals surface area (Å²) in [6.45, 7) is 15.1. The van der Waals surface area contributed by atoms with E-state index in [1.807, 2.05) is 87.1 Å². The van der Waals surface area contributed by atoms with Crippen LogP contribution >= 0.6 is 0 Å². The molecule has 39 heavy (non-hydrogen) atoms. The Morgan fingerprint density at radius 3 is 1.87 bits per heavy atom. The number of aryl methyl sites for hydroxylation is 1. The molecular formula is C34H43N3O2. The minimum atomic E-state index is -0.324. The summed E-state index contributed by atoms with van der Waals surface area (Å²) in [5.74, 6) is 0.189. The molecule has 5 heteroatoms. The van der Waals surface area contributed by atoms with Crippen molar-refractivity contribution in [1.82, 2.24) is 9.13 Å². The number of Topliss-reactive ketones (excluding diaryl/α,β-unsaturated/α-hetero) is 1. The lowest BCUT2D eigenvalue weighted by Gasteiger charge is -2.28. The predicted molar refractivity (Wildman–Crippen MR) is 160 cm³/mol. The highest BCUT2D eigenvalue weighted by Gasteiger charge is 2.28. The Balaban J connectivity index is 1.78. The molecule has 0 saturated heterocycles. The standard InChI is InChI=1S/C34H43N3O2/c1-8-9-14-23-15-10-11-16-24(23)21-36-28-17-12-13-18-29(28)37(32(36)35)22-30(38)25-19-26(33(2,3)4)31(39)27(20-25)34(5,6)7/h10-13,15-20,35,39H,8-9,14,21-22H2,1-7H3. The van der Waals surface area contributed by atoms with Crippen LogP contribution in [-0.2, 0) is 30.3 Å². The zero-order chi connectivity index (χ0) is 28.5. The zero-order valence-electron chi connectivity index (χ0n) is 24.6. The van der Waals surface area contributed by atoms with E-state index in [4.69, 9.17) is 5.41 Å². The van der Waals surface area contributed by atoms with Gasteiger partial charge >= 0.3 is 0 Å². The number of fused-ring (bicyclic) bond motifs is 1. The minimum absolute atomic E-state index is 0.0573. The summed E-state index contributed by atoms with van der Waals surface area (Å²) in [6.07, 6.45) is 3.29. The summed E-state index contributed by atoms with van der Waals surface area (Å²) >= 11 is 0. The topological polar surface area (TPSA) is 71.0 Å². The van der Waals surface area contributed by atoms with Crippen LogP contribution in [-0.4, -0.2) is 20.0 Å². The number of rotatable bonds is 8. The maximum Gasteiger partial charge on any atom is 0.203 e. The van der Waals surface area contributed by atoms with Gasteiger partial charge in [0.2, 0.25) is 5.62 Å². The van der Waals surface area contributed by atoms with Crippen LogP contribution in [0.2, 0.25) is 0 Å². The van der Waals surface area contributed by atoms with Crippen LogP contribution in [0.15, 0.2) is 60.7 Å². The fourth-order valence-electron chi connectivity index (χ4n) is 5.28. The molecule has 4 rings (SSSR count). The van der Waals surface area contributed by atoms with Crippen molar-refractivity contribution in [3.63, 3.8) is 0 Å². The lowest BCUT2D eigenvalue weighted by atomic mass is 9.78. The maximum absolute atomic E-state index is 13.8. The minimum Gasteiger partial charge on any atom is -0.507 e. The highest BCUT2D eigenvalue weighted by atomic mass is 16.3. The van der Waals surface area contributed by atoms with E-state index in [9.17, 15) is 9.90 Å². The van der Waals surface area contributed by atoms with E-state index < -0.39 is 0 Å². The smallest absolute Gasteiger partial charge is 0.203 e. The highest BCUT2D eigenvalue weighted by molar-refractivity contribution is 5.97. The Labute approximate surface area is 232 Å². The van der Waals surface area contributed by atoms with Crippen molar-refractivity contribution in [2.24, 2.45) is 0 Å². The van der Waals surface area contributed by atoms with E-state index in [2.05, 4.69) is 31.2 Å². The van der Waals surface area contributed by atoms with Gasteiger partial charge in [-0.25, -0.2) is 0 Å². The Morgan fingerprint density at radius 2 is 1.33 bits per heavy atom. The first-order valence-corrected chi connectivity index (χ1v) is 14.0. The Morgan fingerprint density at radius 1 is 0.821 bits per heavy atom. The highest BCUT2D eigenvalue weighted by Crippen LogP contribution is 2.40. The number of hydrogen-bond donors (Lipinski definition) is 2. The number of aromatic nitrogens is 2. The summed E-state index contributed by atoms with van der Waals surface area (Å²) in [6, 6.07) is 20.1. The van der Waals surface area contributed by atoms with Crippen LogP contribution in [0.5, 0.6) is 5.75 Å². The number of unbranched alkanes of at least 4 members (excludes halogenated alkanes) is 1. The van der Waals surface area contributed by atoms with Crippen molar-refractivity contribution >= 4 is 16.8 Å². The number of imidazole rings is 1. The second kappa shape index (κ2) is 10.9. The first-order valence-electron chi connectivity index (χ1n) is 14.0. The maximum atomic E-state index is 13.8. The summed E-state index contributed by atoms with van der Waals surface area (Å²) < 4.78 is 3.82. The summed E-state index contributed by atoms with van der Waals surface area (Å²) in [5, 5.41) is 20.3. The average Bonchev–Trinajstić information content (AvgIpc) is 3.12. The quantitative estimate of drug-likeness (QED) is 0.234.